The highest BCUT2D eigenvalue weighted by Crippen LogP contribution is 2.35. The van der Waals surface area contributed by atoms with Crippen LogP contribution in [0.15, 0.2) is 12.1 Å². The normalized spacial score (nSPS) is 21.3. The first-order valence-corrected chi connectivity index (χ1v) is 10.1. The van der Waals surface area contributed by atoms with Gasteiger partial charge in [-0.15, -0.1) is 15.3 Å². The van der Waals surface area contributed by atoms with E-state index in [4.69, 9.17) is 5.10 Å². The molecule has 8 heteroatoms. The lowest BCUT2D eigenvalue weighted by molar-refractivity contribution is -0.127. The van der Waals surface area contributed by atoms with Gasteiger partial charge in [-0.1, -0.05) is 6.42 Å². The maximum Gasteiger partial charge on any atom is 0.222 e. The van der Waals surface area contributed by atoms with Crippen molar-refractivity contribution in [1.82, 2.24) is 29.6 Å². The van der Waals surface area contributed by atoms with Crippen LogP contribution in [0.4, 0.5) is 5.82 Å². The van der Waals surface area contributed by atoms with Crippen molar-refractivity contribution in [2.24, 2.45) is 0 Å². The summed E-state index contributed by atoms with van der Waals surface area (Å²) >= 11 is 0. The Morgan fingerprint density at radius 3 is 2.74 bits per heavy atom. The molecule has 5 rings (SSSR count). The molecule has 0 unspecified atom stereocenters. The van der Waals surface area contributed by atoms with E-state index in [1.54, 1.807) is 0 Å². The Labute approximate surface area is 159 Å². The van der Waals surface area contributed by atoms with E-state index in [1.165, 1.54) is 19.3 Å². The van der Waals surface area contributed by atoms with Gasteiger partial charge in [0.2, 0.25) is 5.91 Å². The van der Waals surface area contributed by atoms with Crippen molar-refractivity contribution in [3.63, 3.8) is 0 Å². The van der Waals surface area contributed by atoms with Gasteiger partial charge in [0.15, 0.2) is 11.5 Å². The van der Waals surface area contributed by atoms with Gasteiger partial charge in [0.25, 0.3) is 0 Å². The molecule has 4 heterocycles. The third-order valence-corrected chi connectivity index (χ3v) is 6.45. The van der Waals surface area contributed by atoms with Crippen molar-refractivity contribution in [3.8, 4) is 0 Å². The molecular formula is C19H27N7O. The monoisotopic (exact) mass is 369 g/mol. The molecule has 0 radical (unpaired) electrons. The summed E-state index contributed by atoms with van der Waals surface area (Å²) in [5.41, 5.74) is 0.838. The number of hydrogen-bond donors (Lipinski definition) is 0. The van der Waals surface area contributed by atoms with E-state index < -0.39 is 0 Å². The Kier molecular flexibility index (Phi) is 4.22. The second-order valence-corrected chi connectivity index (χ2v) is 8.17. The van der Waals surface area contributed by atoms with Crippen LogP contribution in [0.2, 0.25) is 0 Å². The molecule has 1 amide bonds. The molecule has 1 aliphatic carbocycles. The second kappa shape index (κ2) is 6.74. The summed E-state index contributed by atoms with van der Waals surface area (Å²) in [5, 5.41) is 13.5. The van der Waals surface area contributed by atoms with Crippen LogP contribution in [0.25, 0.3) is 5.65 Å². The topological polar surface area (TPSA) is 69.9 Å². The van der Waals surface area contributed by atoms with Gasteiger partial charge in [-0.2, -0.15) is 4.52 Å². The minimum atomic E-state index is 0.312. The molecular weight excluding hydrogens is 342 g/mol. The molecule has 2 saturated heterocycles. The van der Waals surface area contributed by atoms with Gasteiger partial charge in [0, 0.05) is 51.1 Å². The Hall–Kier alpha value is -2.22. The van der Waals surface area contributed by atoms with E-state index in [0.29, 0.717) is 17.9 Å². The number of hydrogen-bond acceptors (Lipinski definition) is 6. The molecule has 0 spiro atoms. The average Bonchev–Trinajstić information content (AvgIpc) is 3.17. The zero-order chi connectivity index (χ0) is 18.4. The number of nitrogens with zero attached hydrogens (tertiary/aromatic N) is 7. The van der Waals surface area contributed by atoms with E-state index in [0.717, 1.165) is 62.9 Å². The fourth-order valence-corrected chi connectivity index (χ4v) is 4.21. The molecule has 3 fully saturated rings. The molecule has 27 heavy (non-hydrogen) atoms. The molecule has 0 aromatic carbocycles. The number of carbonyl (C=O) groups is 1. The maximum absolute atomic E-state index is 11.7. The van der Waals surface area contributed by atoms with E-state index in [1.807, 2.05) is 21.5 Å². The Morgan fingerprint density at radius 1 is 1.19 bits per heavy atom. The number of anilines is 1. The van der Waals surface area contributed by atoms with Crippen LogP contribution in [0.1, 0.15) is 43.8 Å². The Bertz CT molecular complexity index is 840. The van der Waals surface area contributed by atoms with Crippen LogP contribution in [0.3, 0.4) is 0 Å². The summed E-state index contributed by atoms with van der Waals surface area (Å²) in [4.78, 5) is 18.4. The first-order valence-electron chi connectivity index (χ1n) is 10.1. The SMILES string of the molecule is CN(CCN1CCCC1=O)C1CN(c2ccc3nnc(C4CCC4)n3n2)C1. The molecule has 3 aliphatic rings. The van der Waals surface area contributed by atoms with Gasteiger partial charge in [-0.25, -0.2) is 0 Å². The van der Waals surface area contributed by atoms with Gasteiger partial charge in [0.1, 0.15) is 5.82 Å². The van der Waals surface area contributed by atoms with Crippen LogP contribution in [-0.4, -0.2) is 81.3 Å². The quantitative estimate of drug-likeness (QED) is 0.760. The molecule has 0 bridgehead atoms. The fraction of sp³-hybridized carbons (Fsp3) is 0.684. The number of aromatic nitrogens is 4. The smallest absolute Gasteiger partial charge is 0.222 e. The molecule has 2 aromatic heterocycles. The van der Waals surface area contributed by atoms with Crippen molar-refractivity contribution in [3.05, 3.63) is 18.0 Å². The minimum absolute atomic E-state index is 0.312. The molecule has 2 aromatic rings. The number of fused-ring (bicyclic) bond motifs is 1. The number of amides is 1. The fourth-order valence-electron chi connectivity index (χ4n) is 4.21. The number of carbonyl (C=O) groups excluding carboxylic acids is 1. The van der Waals surface area contributed by atoms with Crippen molar-refractivity contribution < 1.29 is 4.79 Å². The standard InChI is InChI=1S/C19H27N7O/c1-23(10-11-24-9-3-6-18(24)27)15-12-25(13-15)17-8-7-16-20-21-19(26(16)22-17)14-4-2-5-14/h7-8,14-15H,2-6,9-13H2,1H3. The molecule has 1 saturated carbocycles. The molecule has 0 N–H and O–H groups in total. The average molecular weight is 369 g/mol. The predicted octanol–water partition coefficient (Wildman–Crippen LogP) is 1.13. The third-order valence-electron chi connectivity index (χ3n) is 6.45. The molecule has 0 atom stereocenters. The van der Waals surface area contributed by atoms with Gasteiger partial charge in [-0.3, -0.25) is 9.69 Å². The highest BCUT2D eigenvalue weighted by Gasteiger charge is 2.32. The second-order valence-electron chi connectivity index (χ2n) is 8.17. The van der Waals surface area contributed by atoms with Crippen molar-refractivity contribution >= 4 is 17.4 Å². The third kappa shape index (κ3) is 3.05. The lowest BCUT2D eigenvalue weighted by atomic mass is 9.85. The summed E-state index contributed by atoms with van der Waals surface area (Å²) in [5.74, 6) is 2.85. The zero-order valence-electron chi connectivity index (χ0n) is 15.9. The zero-order valence-corrected chi connectivity index (χ0v) is 15.9. The van der Waals surface area contributed by atoms with E-state index in [2.05, 4.69) is 27.0 Å². The lowest BCUT2D eigenvalue weighted by Gasteiger charge is -2.45. The molecule has 8 nitrogen and oxygen atoms in total. The first-order chi connectivity index (χ1) is 13.2. The Morgan fingerprint density at radius 2 is 2.04 bits per heavy atom. The van der Waals surface area contributed by atoms with Gasteiger partial charge in [-0.05, 0) is 38.4 Å². The number of likely N-dealkylation sites (N-methyl/N-ethyl adjacent to an activating group) is 1. The van der Waals surface area contributed by atoms with Gasteiger partial charge >= 0.3 is 0 Å². The summed E-state index contributed by atoms with van der Waals surface area (Å²) in [6.07, 6.45) is 5.41. The summed E-state index contributed by atoms with van der Waals surface area (Å²) in [6.45, 7) is 4.67. The van der Waals surface area contributed by atoms with E-state index in [-0.39, 0.29) is 0 Å². The highest BCUT2D eigenvalue weighted by atomic mass is 16.2. The molecule has 2 aliphatic heterocycles. The highest BCUT2D eigenvalue weighted by molar-refractivity contribution is 5.78. The van der Waals surface area contributed by atoms with Crippen LogP contribution in [-0.2, 0) is 4.79 Å². The first kappa shape index (κ1) is 16.9. The van der Waals surface area contributed by atoms with E-state index in [9.17, 15) is 4.79 Å². The minimum Gasteiger partial charge on any atom is -0.352 e. The van der Waals surface area contributed by atoms with Crippen LogP contribution < -0.4 is 4.90 Å². The molecule has 144 valence electrons. The maximum atomic E-state index is 11.7. The van der Waals surface area contributed by atoms with Crippen LogP contribution in [0, 0.1) is 0 Å². The number of likely N-dealkylation sites (tertiary alicyclic amines) is 1. The Balaban J connectivity index is 1.19. The largest absolute Gasteiger partial charge is 0.352 e. The summed E-state index contributed by atoms with van der Waals surface area (Å²) in [6, 6.07) is 4.59. The lowest BCUT2D eigenvalue weighted by Crippen LogP contribution is -2.59. The number of rotatable bonds is 6. The van der Waals surface area contributed by atoms with Crippen molar-refractivity contribution in [1.29, 1.82) is 0 Å². The predicted molar refractivity (Wildman–Crippen MR) is 102 cm³/mol. The van der Waals surface area contributed by atoms with Crippen LogP contribution in [0.5, 0.6) is 0 Å². The van der Waals surface area contributed by atoms with Gasteiger partial charge < -0.3 is 9.80 Å². The summed E-state index contributed by atoms with van der Waals surface area (Å²) < 4.78 is 1.94. The van der Waals surface area contributed by atoms with Gasteiger partial charge in [0.05, 0.1) is 0 Å². The van der Waals surface area contributed by atoms with Crippen molar-refractivity contribution in [2.75, 3.05) is 44.7 Å². The van der Waals surface area contributed by atoms with Crippen molar-refractivity contribution in [2.45, 2.75) is 44.1 Å². The summed E-state index contributed by atoms with van der Waals surface area (Å²) in [7, 11) is 2.16. The van der Waals surface area contributed by atoms with E-state index >= 15 is 0 Å². The van der Waals surface area contributed by atoms with Crippen LogP contribution >= 0.6 is 0 Å².